The van der Waals surface area contributed by atoms with E-state index in [-0.39, 0.29) is 5.65 Å². The summed E-state index contributed by atoms with van der Waals surface area (Å²) in [5.74, 6) is 0. The van der Waals surface area contributed by atoms with Crippen LogP contribution in [0.5, 0.6) is 0 Å². The van der Waals surface area contributed by atoms with Crippen LogP contribution in [-0.2, 0) is 0 Å². The van der Waals surface area contributed by atoms with E-state index in [9.17, 15) is 13.4 Å². The molecule has 11 heavy (non-hydrogen) atoms. The van der Waals surface area contributed by atoms with Crippen molar-refractivity contribution >= 4 is 0 Å². The molecule has 0 atom stereocenters. The fourth-order valence-electron chi connectivity index (χ4n) is 0.385. The maximum absolute atomic E-state index is 10.1. The van der Waals surface area contributed by atoms with Crippen LogP contribution < -0.4 is 5.65 Å². The molecule has 1 aromatic carbocycles. The molecule has 0 bridgehead atoms. The quantitative estimate of drug-likeness (QED) is 0.505. The smallest absolute Gasteiger partial charge is 0.116 e. The van der Waals surface area contributed by atoms with Crippen LogP contribution in [0.1, 0.15) is 0 Å². The van der Waals surface area contributed by atoms with Gasteiger partial charge in [-0.1, -0.05) is 45.4 Å². The third-order valence-electron chi connectivity index (χ3n) is 0.731. The van der Waals surface area contributed by atoms with Gasteiger partial charge in [0.15, 0.2) is 0 Å². The SMILES string of the molecule is FNN(F)F.c1ccccc1. The van der Waals surface area contributed by atoms with Crippen LogP contribution in [0.25, 0.3) is 0 Å². The summed E-state index contributed by atoms with van der Waals surface area (Å²) in [6, 6.07) is 12.0. The number of hydrogen-bond acceptors (Lipinski definition) is 2. The minimum atomic E-state index is -1.79. The number of nitrogens with one attached hydrogen (secondary N) is 1. The van der Waals surface area contributed by atoms with E-state index in [0.717, 1.165) is 0 Å². The lowest BCUT2D eigenvalue weighted by Crippen LogP contribution is -2.11. The third-order valence-corrected chi connectivity index (χ3v) is 0.731. The second kappa shape index (κ2) is 7.04. The van der Waals surface area contributed by atoms with Gasteiger partial charge in [-0.05, 0) is 5.65 Å². The molecule has 0 saturated heterocycles. The Balaban J connectivity index is 0.000000187. The molecule has 0 radical (unpaired) electrons. The van der Waals surface area contributed by atoms with Crippen molar-refractivity contribution in [2.24, 2.45) is 0 Å². The Bertz CT molecular complexity index is 130. The van der Waals surface area contributed by atoms with Crippen LogP contribution in [0.2, 0.25) is 0 Å². The first-order valence-corrected chi connectivity index (χ1v) is 2.75. The Morgan fingerprint density at radius 2 is 1.00 bits per heavy atom. The number of nitrogens with zero attached hydrogens (tertiary/aromatic N) is 1. The van der Waals surface area contributed by atoms with Gasteiger partial charge in [0.25, 0.3) is 0 Å². The first-order valence-electron chi connectivity index (χ1n) is 2.75. The van der Waals surface area contributed by atoms with Crippen LogP contribution in [0.15, 0.2) is 36.4 Å². The summed E-state index contributed by atoms with van der Waals surface area (Å²) >= 11 is 0. The zero-order chi connectivity index (χ0) is 8.53. The molecule has 0 amide bonds. The van der Waals surface area contributed by atoms with Gasteiger partial charge in [-0.25, -0.2) is 0 Å². The molecule has 0 heterocycles. The van der Waals surface area contributed by atoms with E-state index in [1.807, 2.05) is 36.4 Å². The predicted octanol–water partition coefficient (Wildman–Crippen LogP) is 2.13. The highest BCUT2D eigenvalue weighted by atomic mass is 19.4. The Kier molecular flexibility index (Phi) is 6.36. The van der Waals surface area contributed by atoms with Gasteiger partial charge in [0.1, 0.15) is 5.45 Å². The van der Waals surface area contributed by atoms with Gasteiger partial charge >= 0.3 is 0 Å². The number of hydrazine groups is 1. The summed E-state index contributed by atoms with van der Waals surface area (Å²) in [5.41, 5.74) is -1.76. The van der Waals surface area contributed by atoms with E-state index < -0.39 is 5.45 Å². The van der Waals surface area contributed by atoms with E-state index >= 15 is 0 Å². The zero-order valence-electron chi connectivity index (χ0n) is 5.55. The second-order valence-corrected chi connectivity index (χ2v) is 1.47. The van der Waals surface area contributed by atoms with Crippen LogP contribution in [-0.4, -0.2) is 5.45 Å². The van der Waals surface area contributed by atoms with Crippen molar-refractivity contribution in [3.63, 3.8) is 0 Å². The molecule has 0 unspecified atom stereocenters. The highest BCUT2D eigenvalue weighted by molar-refractivity contribution is 4.99. The van der Waals surface area contributed by atoms with Crippen LogP contribution in [0, 0.1) is 0 Å². The lowest BCUT2D eigenvalue weighted by molar-refractivity contribution is -0.240. The minimum absolute atomic E-state index is 0.0278. The molecule has 1 rings (SSSR count). The maximum atomic E-state index is 10.1. The molecule has 1 N–H and O–H groups in total. The standard InChI is InChI=1S/C6H6.F3HN2/c1-2-4-6-5-3-1;1-4-5(2)3/h1-6H;4H. The van der Waals surface area contributed by atoms with E-state index in [2.05, 4.69) is 0 Å². The summed E-state index contributed by atoms with van der Waals surface area (Å²) in [5, 5.41) is 0. The molecule has 1 aromatic rings. The van der Waals surface area contributed by atoms with Crippen molar-refractivity contribution in [2.75, 3.05) is 0 Å². The number of rotatable bonds is 1. The zero-order valence-corrected chi connectivity index (χ0v) is 5.55. The fraction of sp³-hybridized carbons (Fsp3) is 0. The Labute approximate surface area is 62.0 Å². The highest BCUT2D eigenvalue weighted by Gasteiger charge is 1.87. The molecule has 5 heteroatoms. The van der Waals surface area contributed by atoms with Crippen LogP contribution >= 0.6 is 0 Å². The van der Waals surface area contributed by atoms with Gasteiger partial charge < -0.3 is 0 Å². The molecule has 0 aliphatic rings. The largest absolute Gasteiger partial charge is 0.124 e. The maximum Gasteiger partial charge on any atom is 0.124 e. The summed E-state index contributed by atoms with van der Waals surface area (Å²) in [6.07, 6.45) is 0. The third kappa shape index (κ3) is 8.93. The number of hydrogen-bond donors (Lipinski definition) is 1. The Hall–Kier alpha value is -1.07. The van der Waals surface area contributed by atoms with Crippen molar-refractivity contribution in [3.05, 3.63) is 36.4 Å². The molecule has 0 aliphatic heterocycles. The Morgan fingerprint density at radius 3 is 1.09 bits per heavy atom. The molecular weight excluding hydrogens is 157 g/mol. The van der Waals surface area contributed by atoms with E-state index in [1.54, 1.807) is 0 Å². The minimum Gasteiger partial charge on any atom is -0.116 e. The summed E-state index contributed by atoms with van der Waals surface area (Å²) in [4.78, 5) is 0. The van der Waals surface area contributed by atoms with Gasteiger partial charge in [0.05, 0.1) is 0 Å². The molecular formula is C6H7F3N2. The van der Waals surface area contributed by atoms with Crippen molar-refractivity contribution < 1.29 is 13.4 Å². The van der Waals surface area contributed by atoms with Gasteiger partial charge in [-0.3, -0.25) is 0 Å². The van der Waals surface area contributed by atoms with E-state index in [1.165, 1.54) is 0 Å². The number of benzene rings is 1. The van der Waals surface area contributed by atoms with Crippen molar-refractivity contribution in [1.29, 1.82) is 0 Å². The molecule has 0 aliphatic carbocycles. The second-order valence-electron chi connectivity index (χ2n) is 1.47. The lowest BCUT2D eigenvalue weighted by Gasteiger charge is -1.83. The van der Waals surface area contributed by atoms with E-state index in [4.69, 9.17) is 0 Å². The summed E-state index contributed by atoms with van der Waals surface area (Å²) in [6.45, 7) is 0. The predicted molar refractivity (Wildman–Crippen MR) is 34.7 cm³/mol. The highest BCUT2D eigenvalue weighted by Crippen LogP contribution is 1.79. The van der Waals surface area contributed by atoms with Crippen LogP contribution in [0.3, 0.4) is 0 Å². The molecule has 0 spiro atoms. The monoisotopic (exact) mass is 164 g/mol. The van der Waals surface area contributed by atoms with Gasteiger partial charge in [-0.2, -0.15) is 0 Å². The van der Waals surface area contributed by atoms with Gasteiger partial charge in [0, 0.05) is 0 Å². The van der Waals surface area contributed by atoms with Gasteiger partial charge in [-0.15, -0.1) is 4.48 Å². The first kappa shape index (κ1) is 9.93. The van der Waals surface area contributed by atoms with Gasteiger partial charge in [0.2, 0.25) is 0 Å². The molecule has 0 saturated carbocycles. The van der Waals surface area contributed by atoms with Crippen LogP contribution in [0.4, 0.5) is 13.4 Å². The van der Waals surface area contributed by atoms with Crippen molar-refractivity contribution in [3.8, 4) is 0 Å². The first-order chi connectivity index (χ1) is 5.27. The molecule has 62 valence electrons. The van der Waals surface area contributed by atoms with Crippen molar-refractivity contribution in [1.82, 2.24) is 11.1 Å². The van der Waals surface area contributed by atoms with E-state index in [0.29, 0.717) is 0 Å². The Morgan fingerprint density at radius 1 is 0.818 bits per heavy atom. The fourth-order valence-corrected chi connectivity index (χ4v) is 0.385. The number of halogens is 3. The molecule has 0 fully saturated rings. The molecule has 0 aromatic heterocycles. The molecule has 2 nitrogen and oxygen atoms in total. The topological polar surface area (TPSA) is 15.3 Å². The normalized spacial score (nSPS) is 8.73. The summed E-state index contributed by atoms with van der Waals surface area (Å²) in [7, 11) is 0. The van der Waals surface area contributed by atoms with Crippen molar-refractivity contribution in [2.45, 2.75) is 0 Å². The summed E-state index contributed by atoms with van der Waals surface area (Å²) < 4.78 is 30.3. The average molecular weight is 164 g/mol. The average Bonchev–Trinajstić information content (AvgIpc) is 2.09. The lowest BCUT2D eigenvalue weighted by atomic mass is 10.4.